The van der Waals surface area contributed by atoms with Crippen molar-refractivity contribution in [2.75, 3.05) is 26.2 Å². The number of carbonyl (C=O) groups excluding carboxylic acids is 1. The summed E-state index contributed by atoms with van der Waals surface area (Å²) in [6.07, 6.45) is 6.39. The minimum atomic E-state index is 0.189. The van der Waals surface area contributed by atoms with Gasteiger partial charge in [-0.1, -0.05) is 11.6 Å². The lowest BCUT2D eigenvalue weighted by Gasteiger charge is -2.34. The van der Waals surface area contributed by atoms with Crippen LogP contribution in [0, 0.1) is 5.92 Å². The van der Waals surface area contributed by atoms with Crippen molar-refractivity contribution in [1.82, 2.24) is 10.6 Å². The van der Waals surface area contributed by atoms with E-state index in [-0.39, 0.29) is 5.91 Å². The third-order valence-electron chi connectivity index (χ3n) is 3.74. The standard InChI is InChI=1S/C14H24N2O2/c1-2-18-13-7-12(8-13)9-14(17)16-10-11-3-5-15-6-4-11/h3,12-13,15H,2,4-10H2,1H3,(H,16,17). The lowest BCUT2D eigenvalue weighted by atomic mass is 9.80. The van der Waals surface area contributed by atoms with Crippen LogP contribution < -0.4 is 10.6 Å². The third kappa shape index (κ3) is 4.10. The van der Waals surface area contributed by atoms with E-state index in [0.717, 1.165) is 45.5 Å². The van der Waals surface area contributed by atoms with Crippen molar-refractivity contribution >= 4 is 5.91 Å². The fourth-order valence-corrected chi connectivity index (χ4v) is 2.59. The van der Waals surface area contributed by atoms with E-state index in [0.29, 0.717) is 18.4 Å². The van der Waals surface area contributed by atoms with Crippen molar-refractivity contribution < 1.29 is 9.53 Å². The molecule has 0 aromatic rings. The van der Waals surface area contributed by atoms with Crippen LogP contribution in [0.4, 0.5) is 0 Å². The molecule has 1 heterocycles. The molecule has 2 aliphatic rings. The summed E-state index contributed by atoms with van der Waals surface area (Å²) in [5.41, 5.74) is 1.35. The Morgan fingerprint density at radius 3 is 3.06 bits per heavy atom. The van der Waals surface area contributed by atoms with Gasteiger partial charge in [-0.05, 0) is 38.6 Å². The second kappa shape index (κ2) is 6.90. The molecule has 1 saturated carbocycles. The van der Waals surface area contributed by atoms with Crippen LogP contribution in [0.1, 0.15) is 32.6 Å². The molecule has 4 heteroatoms. The van der Waals surface area contributed by atoms with Crippen molar-refractivity contribution in [3.63, 3.8) is 0 Å². The molecule has 0 atom stereocenters. The molecule has 4 nitrogen and oxygen atoms in total. The van der Waals surface area contributed by atoms with Gasteiger partial charge in [0.1, 0.15) is 0 Å². The average Bonchev–Trinajstić information content (AvgIpc) is 2.35. The molecule has 0 aromatic heterocycles. The molecule has 0 radical (unpaired) electrons. The van der Waals surface area contributed by atoms with Gasteiger partial charge in [0.05, 0.1) is 6.10 Å². The van der Waals surface area contributed by atoms with Gasteiger partial charge in [-0.15, -0.1) is 0 Å². The largest absolute Gasteiger partial charge is 0.378 e. The van der Waals surface area contributed by atoms with Gasteiger partial charge >= 0.3 is 0 Å². The summed E-state index contributed by atoms with van der Waals surface area (Å²) in [5, 5.41) is 6.29. The fraction of sp³-hybridized carbons (Fsp3) is 0.786. The minimum absolute atomic E-state index is 0.189. The highest BCUT2D eigenvalue weighted by Gasteiger charge is 2.30. The fourth-order valence-electron chi connectivity index (χ4n) is 2.59. The summed E-state index contributed by atoms with van der Waals surface area (Å²) in [7, 11) is 0. The van der Waals surface area contributed by atoms with Crippen molar-refractivity contribution in [2.24, 2.45) is 5.92 Å². The Labute approximate surface area is 109 Å². The monoisotopic (exact) mass is 252 g/mol. The van der Waals surface area contributed by atoms with E-state index in [1.54, 1.807) is 0 Å². The van der Waals surface area contributed by atoms with E-state index in [9.17, 15) is 4.79 Å². The second-order valence-corrected chi connectivity index (χ2v) is 5.21. The minimum Gasteiger partial charge on any atom is -0.378 e. The van der Waals surface area contributed by atoms with Crippen LogP contribution in [0.5, 0.6) is 0 Å². The van der Waals surface area contributed by atoms with Crippen molar-refractivity contribution in [2.45, 2.75) is 38.7 Å². The highest BCUT2D eigenvalue weighted by molar-refractivity contribution is 5.76. The lowest BCUT2D eigenvalue weighted by Crippen LogP contribution is -2.36. The first-order valence-corrected chi connectivity index (χ1v) is 7.05. The van der Waals surface area contributed by atoms with Crippen LogP contribution in [0.25, 0.3) is 0 Å². The maximum absolute atomic E-state index is 11.8. The van der Waals surface area contributed by atoms with Crippen LogP contribution in [0.2, 0.25) is 0 Å². The van der Waals surface area contributed by atoms with Crippen LogP contribution in [0.15, 0.2) is 11.6 Å². The molecule has 1 fully saturated rings. The summed E-state index contributed by atoms with van der Waals surface area (Å²) in [5.74, 6) is 0.720. The molecule has 102 valence electrons. The Morgan fingerprint density at radius 1 is 1.56 bits per heavy atom. The summed E-state index contributed by atoms with van der Waals surface area (Å²) in [6, 6.07) is 0. The van der Waals surface area contributed by atoms with E-state index >= 15 is 0 Å². The van der Waals surface area contributed by atoms with Gasteiger partial charge in [0.2, 0.25) is 5.91 Å². The average molecular weight is 252 g/mol. The first-order chi connectivity index (χ1) is 8.78. The van der Waals surface area contributed by atoms with Gasteiger partial charge in [-0.3, -0.25) is 4.79 Å². The lowest BCUT2D eigenvalue weighted by molar-refractivity contribution is -0.124. The molecule has 0 aromatic carbocycles. The van der Waals surface area contributed by atoms with Crippen molar-refractivity contribution in [3.05, 3.63) is 11.6 Å². The number of nitrogens with one attached hydrogen (secondary N) is 2. The molecule has 1 amide bonds. The predicted molar refractivity (Wildman–Crippen MR) is 71.3 cm³/mol. The zero-order valence-electron chi connectivity index (χ0n) is 11.2. The van der Waals surface area contributed by atoms with Crippen LogP contribution in [-0.2, 0) is 9.53 Å². The van der Waals surface area contributed by atoms with Crippen LogP contribution in [0.3, 0.4) is 0 Å². The molecule has 0 bridgehead atoms. The van der Waals surface area contributed by atoms with Crippen LogP contribution in [-0.4, -0.2) is 38.3 Å². The Balaban J connectivity index is 1.57. The summed E-state index contributed by atoms with van der Waals surface area (Å²) < 4.78 is 5.50. The highest BCUT2D eigenvalue weighted by atomic mass is 16.5. The number of amides is 1. The van der Waals surface area contributed by atoms with Gasteiger partial charge < -0.3 is 15.4 Å². The van der Waals surface area contributed by atoms with Crippen molar-refractivity contribution in [1.29, 1.82) is 0 Å². The topological polar surface area (TPSA) is 50.4 Å². The normalized spacial score (nSPS) is 27.3. The van der Waals surface area contributed by atoms with Crippen molar-refractivity contribution in [3.8, 4) is 0 Å². The van der Waals surface area contributed by atoms with E-state index in [1.165, 1.54) is 5.57 Å². The van der Waals surface area contributed by atoms with E-state index in [2.05, 4.69) is 16.7 Å². The zero-order chi connectivity index (χ0) is 12.8. The highest BCUT2D eigenvalue weighted by Crippen LogP contribution is 2.32. The molecular weight excluding hydrogens is 228 g/mol. The third-order valence-corrected chi connectivity index (χ3v) is 3.74. The Kier molecular flexibility index (Phi) is 5.20. The maximum Gasteiger partial charge on any atom is 0.220 e. The maximum atomic E-state index is 11.8. The molecule has 2 N–H and O–H groups in total. The van der Waals surface area contributed by atoms with E-state index in [4.69, 9.17) is 4.74 Å². The van der Waals surface area contributed by atoms with Gasteiger partial charge in [0.15, 0.2) is 0 Å². The summed E-state index contributed by atoms with van der Waals surface area (Å²) in [6.45, 7) is 5.49. The molecule has 18 heavy (non-hydrogen) atoms. The molecule has 1 aliphatic heterocycles. The molecule has 2 rings (SSSR count). The van der Waals surface area contributed by atoms with E-state index < -0.39 is 0 Å². The molecule has 1 aliphatic carbocycles. The summed E-state index contributed by atoms with van der Waals surface area (Å²) >= 11 is 0. The molecular formula is C14H24N2O2. The Bertz CT molecular complexity index is 309. The molecule has 0 spiro atoms. The van der Waals surface area contributed by atoms with Crippen LogP contribution >= 0.6 is 0 Å². The Hall–Kier alpha value is -0.870. The molecule has 0 saturated heterocycles. The number of hydrogen-bond acceptors (Lipinski definition) is 3. The zero-order valence-corrected chi connectivity index (χ0v) is 11.2. The Morgan fingerprint density at radius 2 is 2.39 bits per heavy atom. The van der Waals surface area contributed by atoms with Gasteiger partial charge in [-0.25, -0.2) is 0 Å². The number of rotatable bonds is 6. The quantitative estimate of drug-likeness (QED) is 0.699. The first-order valence-electron chi connectivity index (χ1n) is 7.05. The smallest absolute Gasteiger partial charge is 0.220 e. The number of hydrogen-bond donors (Lipinski definition) is 2. The predicted octanol–water partition coefficient (Wildman–Crippen LogP) is 1.23. The number of ether oxygens (including phenoxy) is 1. The van der Waals surface area contributed by atoms with Gasteiger partial charge in [0.25, 0.3) is 0 Å². The number of carbonyl (C=O) groups is 1. The first kappa shape index (κ1) is 13.6. The second-order valence-electron chi connectivity index (χ2n) is 5.21. The SMILES string of the molecule is CCOC1CC(CC(=O)NCC2=CCNCC2)C1. The van der Waals surface area contributed by atoms with Gasteiger partial charge in [0, 0.05) is 26.1 Å². The van der Waals surface area contributed by atoms with Gasteiger partial charge in [-0.2, -0.15) is 0 Å². The van der Waals surface area contributed by atoms with E-state index in [1.807, 2.05) is 6.92 Å². The summed E-state index contributed by atoms with van der Waals surface area (Å²) in [4.78, 5) is 11.8. The molecule has 0 unspecified atom stereocenters.